The lowest BCUT2D eigenvalue weighted by Gasteiger charge is -2.25. The van der Waals surface area contributed by atoms with Gasteiger partial charge >= 0.3 is 19.4 Å². The predicted molar refractivity (Wildman–Crippen MR) is 130 cm³/mol. The van der Waals surface area contributed by atoms with Crippen LogP contribution in [0.15, 0.2) is 46.1 Å². The number of nitrogens with one attached hydrogen (secondary N) is 2. The molecule has 13 nitrogen and oxygen atoms in total. The molecule has 1 aromatic heterocycles. The van der Waals surface area contributed by atoms with E-state index < -0.39 is 68.1 Å². The van der Waals surface area contributed by atoms with Crippen molar-refractivity contribution in [2.45, 2.75) is 58.3 Å². The molecule has 1 aliphatic rings. The molecule has 0 radical (unpaired) electrons. The van der Waals surface area contributed by atoms with Crippen LogP contribution in [0, 0.1) is 24.2 Å². The van der Waals surface area contributed by atoms with Crippen LogP contribution < -0.4 is 20.9 Å². The number of aryl methyl sites for hydroxylation is 1. The Kier molecular flexibility index (Phi) is 9.07. The number of H-pyrrole nitrogens is 1. The summed E-state index contributed by atoms with van der Waals surface area (Å²) in [4.78, 5) is 38.4. The van der Waals surface area contributed by atoms with Gasteiger partial charge in [-0.1, -0.05) is 18.2 Å². The Morgan fingerprint density at radius 1 is 1.30 bits per heavy atom. The second kappa shape index (κ2) is 11.9. The summed E-state index contributed by atoms with van der Waals surface area (Å²) in [6, 6.07) is 8.88. The smallest absolute Gasteiger partial charge is 0.459 e. The number of carbonyl (C=O) groups is 1. The third-order valence-corrected chi connectivity index (χ3v) is 7.02. The van der Waals surface area contributed by atoms with Crippen molar-refractivity contribution >= 4 is 13.7 Å². The minimum atomic E-state index is -4.26. The summed E-state index contributed by atoms with van der Waals surface area (Å²) >= 11 is 0. The van der Waals surface area contributed by atoms with Crippen LogP contribution in [0.4, 0.5) is 0 Å². The summed E-state index contributed by atoms with van der Waals surface area (Å²) in [7, 11) is -4.26. The fourth-order valence-electron chi connectivity index (χ4n) is 3.54. The number of ether oxygens (including phenoxy) is 2. The van der Waals surface area contributed by atoms with Gasteiger partial charge in [-0.15, -0.1) is 0 Å². The van der Waals surface area contributed by atoms with Gasteiger partial charge in [0.15, 0.2) is 6.23 Å². The second-order valence-electron chi connectivity index (χ2n) is 8.72. The van der Waals surface area contributed by atoms with Crippen LogP contribution in [0.1, 0.15) is 32.6 Å². The van der Waals surface area contributed by atoms with E-state index in [9.17, 15) is 29.3 Å². The molecular weight excluding hydrogens is 507 g/mol. The molecule has 2 heterocycles. The largest absolute Gasteiger partial charge is 0.462 e. The highest BCUT2D eigenvalue weighted by atomic mass is 31.2. The number of aliphatic hydroxyl groups excluding tert-OH is 1. The molecule has 1 aromatic carbocycles. The van der Waals surface area contributed by atoms with Crippen LogP contribution in [0.2, 0.25) is 0 Å². The number of carbonyl (C=O) groups excluding carboxylic acids is 1. The van der Waals surface area contributed by atoms with Crippen molar-refractivity contribution < 1.29 is 33.0 Å². The first-order valence-corrected chi connectivity index (χ1v) is 13.0. The summed E-state index contributed by atoms with van der Waals surface area (Å²) in [5.41, 5.74) is -1.23. The maximum Gasteiger partial charge on any atom is 0.459 e. The number of rotatable bonds is 10. The number of esters is 1. The molecule has 1 aliphatic heterocycles. The summed E-state index contributed by atoms with van der Waals surface area (Å²) in [6.45, 7) is 5.68. The zero-order valence-electron chi connectivity index (χ0n) is 20.7. The molecule has 6 atom stereocenters. The number of aromatic nitrogens is 2. The van der Waals surface area contributed by atoms with E-state index in [1.807, 2.05) is 6.07 Å². The zero-order chi connectivity index (χ0) is 27.3. The minimum absolute atomic E-state index is 0.179. The molecule has 3 rings (SSSR count). The number of hydrogen-bond acceptors (Lipinski definition) is 10. The van der Waals surface area contributed by atoms with E-state index in [2.05, 4.69) is 10.1 Å². The molecule has 37 heavy (non-hydrogen) atoms. The lowest BCUT2D eigenvalue weighted by Crippen LogP contribution is -2.37. The summed E-state index contributed by atoms with van der Waals surface area (Å²) in [6.07, 6.45) is -3.09. The first-order valence-electron chi connectivity index (χ1n) is 11.5. The van der Waals surface area contributed by atoms with Crippen molar-refractivity contribution in [2.24, 2.45) is 5.92 Å². The molecular formula is C23H29N4O9P. The lowest BCUT2D eigenvalue weighted by molar-refractivity contribution is -0.149. The van der Waals surface area contributed by atoms with Gasteiger partial charge in [-0.25, -0.2) is 9.36 Å². The third-order valence-electron chi connectivity index (χ3n) is 5.37. The average molecular weight is 536 g/mol. The number of aliphatic hydroxyl groups is 1. The van der Waals surface area contributed by atoms with E-state index in [4.69, 9.17) is 18.5 Å². The summed E-state index contributed by atoms with van der Waals surface area (Å²) in [5.74, 6) is -1.72. The van der Waals surface area contributed by atoms with Gasteiger partial charge in [0, 0.05) is 11.8 Å². The summed E-state index contributed by atoms with van der Waals surface area (Å²) in [5, 5.41) is 22.8. The van der Waals surface area contributed by atoms with Gasteiger partial charge in [0.2, 0.25) is 0 Å². The topological polar surface area (TPSA) is 182 Å². The number of benzene rings is 1. The molecule has 1 fully saturated rings. The van der Waals surface area contributed by atoms with Gasteiger partial charge < -0.3 is 19.1 Å². The van der Waals surface area contributed by atoms with Crippen molar-refractivity contribution in [3.05, 3.63) is 62.9 Å². The van der Waals surface area contributed by atoms with Crippen molar-refractivity contribution in [1.82, 2.24) is 14.6 Å². The van der Waals surface area contributed by atoms with Crippen LogP contribution in [-0.2, 0) is 23.4 Å². The normalized spacial score (nSPS) is 23.7. The van der Waals surface area contributed by atoms with E-state index >= 15 is 0 Å². The third kappa shape index (κ3) is 6.94. The molecule has 0 amide bonds. The molecule has 200 valence electrons. The van der Waals surface area contributed by atoms with Crippen LogP contribution >= 0.6 is 7.75 Å². The predicted octanol–water partition coefficient (Wildman–Crippen LogP) is 1.38. The van der Waals surface area contributed by atoms with Gasteiger partial charge in [-0.05, 0) is 39.8 Å². The highest BCUT2D eigenvalue weighted by Gasteiger charge is 2.47. The maximum absolute atomic E-state index is 13.6. The molecule has 14 heteroatoms. The van der Waals surface area contributed by atoms with E-state index in [-0.39, 0.29) is 11.3 Å². The summed E-state index contributed by atoms with van der Waals surface area (Å²) < 4.78 is 36.6. The van der Waals surface area contributed by atoms with Crippen molar-refractivity contribution in [3.8, 4) is 11.8 Å². The Bertz CT molecular complexity index is 1300. The van der Waals surface area contributed by atoms with Gasteiger partial charge in [0.1, 0.15) is 29.9 Å². The minimum Gasteiger partial charge on any atom is -0.462 e. The standard InChI is InChI=1S/C23H29N4O9P/c1-13(2)34-22(30)15(4)26-37(32,36-16-8-6-5-7-9-16)33-12-18-19(28)17(10-24)21(35-18)27-11-14(3)20(29)25-23(27)31/h5-9,11,13,15,17-19,21,28H,12H2,1-4H3,(H,26,32)(H,25,29,31)/t15-,17-,18-,19+,21-,37?/m1/s1. The van der Waals surface area contributed by atoms with Crippen LogP contribution in [-0.4, -0.2) is 51.6 Å². The van der Waals surface area contributed by atoms with E-state index in [0.29, 0.717) is 0 Å². The van der Waals surface area contributed by atoms with Gasteiger partial charge in [-0.2, -0.15) is 10.3 Å². The molecule has 0 bridgehead atoms. The first kappa shape index (κ1) is 28.3. The quantitative estimate of drug-likeness (QED) is 0.295. The fourth-order valence-corrected chi connectivity index (χ4v) is 5.04. The Balaban J connectivity index is 1.81. The monoisotopic (exact) mass is 536 g/mol. The fraction of sp³-hybridized carbons (Fsp3) is 0.478. The number of nitriles is 1. The van der Waals surface area contributed by atoms with E-state index in [0.717, 1.165) is 4.57 Å². The van der Waals surface area contributed by atoms with Gasteiger partial charge in [0.25, 0.3) is 5.56 Å². The molecule has 1 unspecified atom stereocenters. The van der Waals surface area contributed by atoms with Crippen molar-refractivity contribution in [1.29, 1.82) is 5.26 Å². The Morgan fingerprint density at radius 2 is 1.97 bits per heavy atom. The number of nitrogens with zero attached hydrogens (tertiary/aromatic N) is 2. The van der Waals surface area contributed by atoms with Crippen LogP contribution in [0.25, 0.3) is 0 Å². The van der Waals surface area contributed by atoms with Gasteiger partial charge in [-0.3, -0.25) is 23.7 Å². The number of para-hydroxylation sites is 1. The molecule has 0 saturated carbocycles. The number of hydrogen-bond donors (Lipinski definition) is 3. The van der Waals surface area contributed by atoms with E-state index in [1.54, 1.807) is 32.0 Å². The maximum atomic E-state index is 13.6. The van der Waals surface area contributed by atoms with Crippen LogP contribution in [0.5, 0.6) is 5.75 Å². The molecule has 0 spiro atoms. The first-order chi connectivity index (χ1) is 17.4. The molecule has 3 N–H and O–H groups in total. The molecule has 2 aromatic rings. The Morgan fingerprint density at radius 3 is 2.59 bits per heavy atom. The van der Waals surface area contributed by atoms with Crippen LogP contribution in [0.3, 0.4) is 0 Å². The molecule has 1 saturated heterocycles. The van der Waals surface area contributed by atoms with Crippen molar-refractivity contribution in [3.63, 3.8) is 0 Å². The number of aromatic amines is 1. The zero-order valence-corrected chi connectivity index (χ0v) is 21.6. The Hall–Kier alpha value is -3.27. The highest BCUT2D eigenvalue weighted by Crippen LogP contribution is 2.46. The molecule has 0 aliphatic carbocycles. The van der Waals surface area contributed by atoms with E-state index in [1.165, 1.54) is 32.2 Å². The lowest BCUT2D eigenvalue weighted by atomic mass is 10.0. The SMILES string of the molecule is Cc1cn([C@@H]2O[C@H](COP(=O)(N[C@H](C)C(=O)OC(C)C)Oc3ccccc3)[C@@H](O)[C@H]2C#N)c(=O)[nH]c1=O. The second-order valence-corrected chi connectivity index (χ2v) is 10.4. The Labute approximate surface area is 212 Å². The van der Waals surface area contributed by atoms with Crippen molar-refractivity contribution in [2.75, 3.05) is 6.61 Å². The average Bonchev–Trinajstić information content (AvgIpc) is 3.15. The highest BCUT2D eigenvalue weighted by molar-refractivity contribution is 7.52. The van der Waals surface area contributed by atoms with Gasteiger partial charge in [0.05, 0.1) is 18.8 Å².